The van der Waals surface area contributed by atoms with Crippen LogP contribution in [0, 0.1) is 11.7 Å². The van der Waals surface area contributed by atoms with E-state index < -0.39 is 11.9 Å². The van der Waals surface area contributed by atoms with Gasteiger partial charge in [-0.25, -0.2) is 4.39 Å². The normalized spacial score (nSPS) is 13.9. The number of amides is 1. The summed E-state index contributed by atoms with van der Waals surface area (Å²) >= 11 is 0. The standard InChI is InChI=1S/C15H23FN2O2/c1-10(2)8-13(17)15(19)18-9-11(3)20-14-7-5-4-6-12(14)16/h4-7,10-11,13H,8-9,17H2,1-3H3,(H,18,19)/t11?,13-/m0/s1. The fourth-order valence-electron chi connectivity index (χ4n) is 1.79. The lowest BCUT2D eigenvalue weighted by Crippen LogP contribution is -2.44. The Hall–Kier alpha value is -1.62. The van der Waals surface area contributed by atoms with Crippen LogP contribution in [0.2, 0.25) is 0 Å². The van der Waals surface area contributed by atoms with Crippen LogP contribution in [-0.2, 0) is 4.79 Å². The molecular formula is C15H23FN2O2. The summed E-state index contributed by atoms with van der Waals surface area (Å²) < 4.78 is 18.8. The van der Waals surface area contributed by atoms with Crippen molar-refractivity contribution in [2.75, 3.05) is 6.54 Å². The summed E-state index contributed by atoms with van der Waals surface area (Å²) in [6, 6.07) is 5.66. The first-order valence-electron chi connectivity index (χ1n) is 6.84. The Balaban J connectivity index is 2.38. The lowest BCUT2D eigenvalue weighted by Gasteiger charge is -2.18. The van der Waals surface area contributed by atoms with Crippen molar-refractivity contribution in [1.82, 2.24) is 5.32 Å². The summed E-state index contributed by atoms with van der Waals surface area (Å²) in [5.41, 5.74) is 5.77. The van der Waals surface area contributed by atoms with Crippen molar-refractivity contribution in [2.45, 2.75) is 39.3 Å². The molecule has 1 aromatic carbocycles. The molecule has 1 amide bonds. The summed E-state index contributed by atoms with van der Waals surface area (Å²) in [7, 11) is 0. The predicted molar refractivity (Wildman–Crippen MR) is 76.9 cm³/mol. The molecule has 0 radical (unpaired) electrons. The van der Waals surface area contributed by atoms with Crippen LogP contribution in [-0.4, -0.2) is 24.6 Å². The van der Waals surface area contributed by atoms with Gasteiger partial charge in [0.05, 0.1) is 12.6 Å². The fraction of sp³-hybridized carbons (Fsp3) is 0.533. The highest BCUT2D eigenvalue weighted by atomic mass is 19.1. The van der Waals surface area contributed by atoms with E-state index in [1.54, 1.807) is 25.1 Å². The maximum Gasteiger partial charge on any atom is 0.237 e. The number of carbonyl (C=O) groups excluding carboxylic acids is 1. The van der Waals surface area contributed by atoms with Crippen LogP contribution in [0.3, 0.4) is 0 Å². The lowest BCUT2D eigenvalue weighted by atomic mass is 10.0. The van der Waals surface area contributed by atoms with E-state index in [9.17, 15) is 9.18 Å². The van der Waals surface area contributed by atoms with Gasteiger partial charge in [-0.3, -0.25) is 4.79 Å². The highest BCUT2D eigenvalue weighted by molar-refractivity contribution is 5.81. The van der Waals surface area contributed by atoms with Gasteiger partial charge < -0.3 is 15.8 Å². The van der Waals surface area contributed by atoms with Crippen LogP contribution >= 0.6 is 0 Å². The number of ether oxygens (including phenoxy) is 1. The summed E-state index contributed by atoms with van der Waals surface area (Å²) in [5, 5.41) is 2.72. The fourth-order valence-corrected chi connectivity index (χ4v) is 1.79. The molecular weight excluding hydrogens is 259 g/mol. The van der Waals surface area contributed by atoms with Crippen molar-refractivity contribution in [1.29, 1.82) is 0 Å². The maximum absolute atomic E-state index is 13.4. The van der Waals surface area contributed by atoms with Gasteiger partial charge in [0.25, 0.3) is 0 Å². The number of rotatable bonds is 7. The molecule has 2 atom stereocenters. The second kappa shape index (κ2) is 7.85. The molecule has 0 saturated carbocycles. The van der Waals surface area contributed by atoms with Crippen molar-refractivity contribution in [3.63, 3.8) is 0 Å². The molecule has 0 fully saturated rings. The van der Waals surface area contributed by atoms with Gasteiger partial charge in [0, 0.05) is 0 Å². The van der Waals surface area contributed by atoms with E-state index in [-0.39, 0.29) is 17.8 Å². The van der Waals surface area contributed by atoms with Gasteiger partial charge in [0.2, 0.25) is 5.91 Å². The minimum Gasteiger partial charge on any atom is -0.486 e. The second-order valence-electron chi connectivity index (χ2n) is 5.34. The number of benzene rings is 1. The lowest BCUT2D eigenvalue weighted by molar-refractivity contribution is -0.123. The van der Waals surface area contributed by atoms with Crippen LogP contribution in [0.1, 0.15) is 27.2 Å². The van der Waals surface area contributed by atoms with Crippen molar-refractivity contribution in [3.8, 4) is 5.75 Å². The minimum atomic E-state index is -0.518. The van der Waals surface area contributed by atoms with Gasteiger partial charge in [-0.1, -0.05) is 26.0 Å². The number of hydrogen-bond acceptors (Lipinski definition) is 3. The monoisotopic (exact) mass is 282 g/mol. The quantitative estimate of drug-likeness (QED) is 0.805. The van der Waals surface area contributed by atoms with Crippen LogP contribution in [0.25, 0.3) is 0 Å². The topological polar surface area (TPSA) is 64.4 Å². The first-order valence-corrected chi connectivity index (χ1v) is 6.84. The average Bonchev–Trinajstić information content (AvgIpc) is 2.38. The van der Waals surface area contributed by atoms with Gasteiger partial charge >= 0.3 is 0 Å². The Labute approximate surface area is 119 Å². The Kier molecular flexibility index (Phi) is 6.45. The van der Waals surface area contributed by atoms with Gasteiger partial charge in [-0.2, -0.15) is 0 Å². The molecule has 1 rings (SSSR count). The Morgan fingerprint density at radius 1 is 1.35 bits per heavy atom. The molecule has 20 heavy (non-hydrogen) atoms. The summed E-state index contributed by atoms with van der Waals surface area (Å²) in [5.74, 6) is -0.0755. The van der Waals surface area contributed by atoms with Crippen LogP contribution in [0.4, 0.5) is 4.39 Å². The number of halogens is 1. The molecule has 0 aliphatic heterocycles. The molecule has 0 aliphatic carbocycles. The Bertz CT molecular complexity index is 438. The van der Waals surface area contributed by atoms with E-state index in [1.165, 1.54) is 6.07 Å². The number of nitrogens with one attached hydrogen (secondary N) is 1. The number of nitrogens with two attached hydrogens (primary N) is 1. The molecule has 0 spiro atoms. The first kappa shape index (κ1) is 16.4. The van der Waals surface area contributed by atoms with E-state index >= 15 is 0 Å². The zero-order chi connectivity index (χ0) is 15.1. The summed E-state index contributed by atoms with van der Waals surface area (Å²) in [4.78, 5) is 11.7. The van der Waals surface area contributed by atoms with Crippen molar-refractivity contribution in [2.24, 2.45) is 11.7 Å². The van der Waals surface area contributed by atoms with E-state index in [2.05, 4.69) is 5.32 Å². The molecule has 0 aliphatic rings. The van der Waals surface area contributed by atoms with Gasteiger partial charge in [-0.05, 0) is 31.4 Å². The van der Waals surface area contributed by atoms with E-state index in [0.29, 0.717) is 18.9 Å². The maximum atomic E-state index is 13.4. The van der Waals surface area contributed by atoms with Crippen LogP contribution in [0.5, 0.6) is 5.75 Å². The minimum absolute atomic E-state index is 0.181. The third kappa shape index (κ3) is 5.57. The first-order chi connectivity index (χ1) is 9.40. The van der Waals surface area contributed by atoms with Crippen molar-refractivity contribution < 1.29 is 13.9 Å². The SMILES string of the molecule is CC(C)C[C@H](N)C(=O)NCC(C)Oc1ccccc1F. The Morgan fingerprint density at radius 3 is 2.60 bits per heavy atom. The van der Waals surface area contributed by atoms with E-state index in [1.807, 2.05) is 13.8 Å². The molecule has 5 heteroatoms. The molecule has 3 N–H and O–H groups in total. The molecule has 4 nitrogen and oxygen atoms in total. The second-order valence-corrected chi connectivity index (χ2v) is 5.34. The molecule has 0 saturated heterocycles. The summed E-state index contributed by atoms with van der Waals surface area (Å²) in [6.07, 6.45) is 0.302. The Morgan fingerprint density at radius 2 is 2.00 bits per heavy atom. The van der Waals surface area contributed by atoms with Gasteiger partial charge in [-0.15, -0.1) is 0 Å². The average molecular weight is 282 g/mol. The predicted octanol–water partition coefficient (Wildman–Crippen LogP) is 2.08. The number of para-hydroxylation sites is 1. The smallest absolute Gasteiger partial charge is 0.237 e. The van der Waals surface area contributed by atoms with Gasteiger partial charge in [0.1, 0.15) is 6.10 Å². The number of hydrogen-bond donors (Lipinski definition) is 2. The molecule has 0 bridgehead atoms. The molecule has 1 unspecified atom stereocenters. The highest BCUT2D eigenvalue weighted by Crippen LogP contribution is 2.16. The largest absolute Gasteiger partial charge is 0.486 e. The molecule has 1 aromatic rings. The van der Waals surface area contributed by atoms with Crippen molar-refractivity contribution >= 4 is 5.91 Å². The van der Waals surface area contributed by atoms with Crippen molar-refractivity contribution in [3.05, 3.63) is 30.1 Å². The van der Waals surface area contributed by atoms with E-state index in [4.69, 9.17) is 10.5 Å². The molecule has 0 heterocycles. The molecule has 112 valence electrons. The zero-order valence-corrected chi connectivity index (χ0v) is 12.2. The highest BCUT2D eigenvalue weighted by Gasteiger charge is 2.16. The summed E-state index contributed by atoms with van der Waals surface area (Å²) in [6.45, 7) is 6.08. The number of carbonyl (C=O) groups is 1. The van der Waals surface area contributed by atoms with E-state index in [0.717, 1.165) is 0 Å². The molecule has 0 aromatic heterocycles. The van der Waals surface area contributed by atoms with Gasteiger partial charge in [0.15, 0.2) is 11.6 Å². The third-order valence-corrected chi connectivity index (χ3v) is 2.79. The van der Waals surface area contributed by atoms with Crippen LogP contribution < -0.4 is 15.8 Å². The third-order valence-electron chi connectivity index (χ3n) is 2.79. The zero-order valence-electron chi connectivity index (χ0n) is 12.2. The van der Waals surface area contributed by atoms with Crippen LogP contribution in [0.15, 0.2) is 24.3 Å².